The lowest BCUT2D eigenvalue weighted by Crippen LogP contribution is -2.02. The van der Waals surface area contributed by atoms with E-state index in [9.17, 15) is 4.39 Å². The Hall–Kier alpha value is -2.04. The lowest BCUT2D eigenvalue weighted by atomic mass is 10.2. The summed E-state index contributed by atoms with van der Waals surface area (Å²) in [6, 6.07) is 1.39. The molecule has 0 aromatic carbocycles. The smallest absolute Gasteiger partial charge is 0.152 e. The molecule has 2 aromatic heterocycles. The van der Waals surface area contributed by atoms with Crippen LogP contribution in [0.2, 0.25) is 0 Å². The van der Waals surface area contributed by atoms with Gasteiger partial charge in [0.25, 0.3) is 0 Å². The highest BCUT2D eigenvalue weighted by atomic mass is 19.1. The summed E-state index contributed by atoms with van der Waals surface area (Å²) in [5, 5.41) is 3.07. The molecular weight excluding hydrogens is 207 g/mol. The molecule has 0 saturated heterocycles. The first kappa shape index (κ1) is 10.5. The summed E-state index contributed by atoms with van der Waals surface area (Å²) in [4.78, 5) is 12.1. The van der Waals surface area contributed by atoms with Gasteiger partial charge in [0.15, 0.2) is 5.82 Å². The molecule has 5 heteroatoms. The SMILES string of the molecule is CCNc1nccnc1-c1cncc(F)c1. The van der Waals surface area contributed by atoms with E-state index in [1.165, 1.54) is 6.07 Å². The summed E-state index contributed by atoms with van der Waals surface area (Å²) in [6.45, 7) is 2.69. The van der Waals surface area contributed by atoms with E-state index >= 15 is 0 Å². The average molecular weight is 218 g/mol. The highest BCUT2D eigenvalue weighted by Crippen LogP contribution is 2.22. The van der Waals surface area contributed by atoms with Crippen LogP contribution in [0.15, 0.2) is 30.9 Å². The minimum atomic E-state index is -0.384. The molecule has 0 aliphatic carbocycles. The predicted octanol–water partition coefficient (Wildman–Crippen LogP) is 2.11. The monoisotopic (exact) mass is 218 g/mol. The molecule has 2 rings (SSSR count). The van der Waals surface area contributed by atoms with Crippen molar-refractivity contribution in [1.82, 2.24) is 15.0 Å². The third-order valence-electron chi connectivity index (χ3n) is 2.02. The molecule has 0 saturated carbocycles. The number of hydrogen-bond donors (Lipinski definition) is 1. The molecule has 0 aliphatic heterocycles. The van der Waals surface area contributed by atoms with Gasteiger partial charge in [0.2, 0.25) is 0 Å². The van der Waals surface area contributed by atoms with Gasteiger partial charge in [-0.2, -0.15) is 0 Å². The van der Waals surface area contributed by atoms with Crippen LogP contribution in [0.5, 0.6) is 0 Å². The second kappa shape index (κ2) is 4.65. The lowest BCUT2D eigenvalue weighted by Gasteiger charge is -2.07. The lowest BCUT2D eigenvalue weighted by molar-refractivity contribution is 0.622. The van der Waals surface area contributed by atoms with Crippen molar-refractivity contribution in [2.45, 2.75) is 6.92 Å². The molecule has 4 nitrogen and oxygen atoms in total. The molecule has 0 atom stereocenters. The third kappa shape index (κ3) is 2.13. The molecule has 82 valence electrons. The average Bonchev–Trinajstić information content (AvgIpc) is 2.30. The van der Waals surface area contributed by atoms with Gasteiger partial charge in [-0.25, -0.2) is 9.37 Å². The van der Waals surface area contributed by atoms with Gasteiger partial charge >= 0.3 is 0 Å². The summed E-state index contributed by atoms with van der Waals surface area (Å²) in [5.41, 5.74) is 1.22. The van der Waals surface area contributed by atoms with Crippen LogP contribution in [0.3, 0.4) is 0 Å². The number of rotatable bonds is 3. The predicted molar refractivity (Wildman–Crippen MR) is 59.4 cm³/mol. The molecule has 0 spiro atoms. The summed E-state index contributed by atoms with van der Waals surface area (Å²) >= 11 is 0. The maximum Gasteiger partial charge on any atom is 0.152 e. The first-order valence-electron chi connectivity index (χ1n) is 4.97. The van der Waals surface area contributed by atoms with E-state index in [4.69, 9.17) is 0 Å². The Morgan fingerprint density at radius 3 is 2.81 bits per heavy atom. The van der Waals surface area contributed by atoms with Gasteiger partial charge in [-0.1, -0.05) is 0 Å². The van der Waals surface area contributed by atoms with Gasteiger partial charge in [-0.15, -0.1) is 0 Å². The quantitative estimate of drug-likeness (QED) is 0.857. The van der Waals surface area contributed by atoms with Gasteiger partial charge in [-0.3, -0.25) is 9.97 Å². The number of halogens is 1. The number of anilines is 1. The molecular formula is C11H11FN4. The van der Waals surface area contributed by atoms with Crippen LogP contribution in [-0.4, -0.2) is 21.5 Å². The van der Waals surface area contributed by atoms with E-state index in [0.717, 1.165) is 12.7 Å². The summed E-state index contributed by atoms with van der Waals surface area (Å²) in [6.07, 6.45) is 5.88. The number of nitrogens with one attached hydrogen (secondary N) is 1. The van der Waals surface area contributed by atoms with Crippen molar-refractivity contribution in [3.05, 3.63) is 36.7 Å². The molecule has 0 radical (unpaired) electrons. The minimum Gasteiger partial charge on any atom is -0.369 e. The van der Waals surface area contributed by atoms with Crippen LogP contribution in [-0.2, 0) is 0 Å². The highest BCUT2D eigenvalue weighted by Gasteiger charge is 2.07. The topological polar surface area (TPSA) is 50.7 Å². The van der Waals surface area contributed by atoms with Crippen LogP contribution in [0.25, 0.3) is 11.3 Å². The normalized spacial score (nSPS) is 10.1. The van der Waals surface area contributed by atoms with Crippen LogP contribution in [0.1, 0.15) is 6.92 Å². The van der Waals surface area contributed by atoms with Gasteiger partial charge in [0.1, 0.15) is 11.5 Å². The molecule has 0 aliphatic rings. The van der Waals surface area contributed by atoms with Crippen LogP contribution < -0.4 is 5.32 Å². The molecule has 1 N–H and O–H groups in total. The zero-order valence-corrected chi connectivity index (χ0v) is 8.81. The maximum atomic E-state index is 13.0. The Morgan fingerprint density at radius 1 is 1.25 bits per heavy atom. The standard InChI is InChI=1S/C11H11FN4/c1-2-14-11-10(15-3-4-16-11)8-5-9(12)7-13-6-8/h3-7H,2H2,1H3,(H,14,16). The molecule has 0 amide bonds. The molecule has 2 aromatic rings. The van der Waals surface area contributed by atoms with Gasteiger partial charge in [0.05, 0.1) is 6.20 Å². The molecule has 0 bridgehead atoms. The Kier molecular flexibility index (Phi) is 3.05. The number of nitrogens with zero attached hydrogens (tertiary/aromatic N) is 3. The maximum absolute atomic E-state index is 13.0. The highest BCUT2D eigenvalue weighted by molar-refractivity contribution is 5.70. The van der Waals surface area contributed by atoms with Crippen molar-refractivity contribution in [2.75, 3.05) is 11.9 Å². The van der Waals surface area contributed by atoms with E-state index < -0.39 is 0 Å². The second-order valence-corrected chi connectivity index (χ2v) is 3.18. The largest absolute Gasteiger partial charge is 0.369 e. The van der Waals surface area contributed by atoms with E-state index in [0.29, 0.717) is 17.1 Å². The van der Waals surface area contributed by atoms with Crippen LogP contribution in [0, 0.1) is 5.82 Å². The van der Waals surface area contributed by atoms with Gasteiger partial charge in [-0.05, 0) is 13.0 Å². The fraction of sp³-hybridized carbons (Fsp3) is 0.182. The van der Waals surface area contributed by atoms with E-state index in [1.807, 2.05) is 6.92 Å². The Morgan fingerprint density at radius 2 is 2.06 bits per heavy atom. The van der Waals surface area contributed by atoms with Crippen LogP contribution in [0.4, 0.5) is 10.2 Å². The van der Waals surface area contributed by atoms with Crippen molar-refractivity contribution in [3.63, 3.8) is 0 Å². The van der Waals surface area contributed by atoms with E-state index in [1.54, 1.807) is 18.6 Å². The summed E-state index contributed by atoms with van der Waals surface area (Å²) in [5.74, 6) is 0.253. The van der Waals surface area contributed by atoms with Gasteiger partial charge in [0, 0.05) is 30.7 Å². The fourth-order valence-electron chi connectivity index (χ4n) is 1.39. The van der Waals surface area contributed by atoms with Crippen molar-refractivity contribution < 1.29 is 4.39 Å². The first-order chi connectivity index (χ1) is 7.81. The number of hydrogen-bond acceptors (Lipinski definition) is 4. The fourth-order valence-corrected chi connectivity index (χ4v) is 1.39. The minimum absolute atomic E-state index is 0.384. The van der Waals surface area contributed by atoms with Crippen molar-refractivity contribution in [1.29, 1.82) is 0 Å². The van der Waals surface area contributed by atoms with E-state index in [-0.39, 0.29) is 5.82 Å². The first-order valence-corrected chi connectivity index (χ1v) is 4.97. The summed E-state index contributed by atoms with van der Waals surface area (Å²) < 4.78 is 13.0. The zero-order chi connectivity index (χ0) is 11.4. The zero-order valence-electron chi connectivity index (χ0n) is 8.81. The number of aromatic nitrogens is 3. The van der Waals surface area contributed by atoms with Crippen molar-refractivity contribution >= 4 is 5.82 Å². The molecule has 0 fully saturated rings. The third-order valence-corrected chi connectivity index (χ3v) is 2.02. The van der Waals surface area contributed by atoms with Crippen molar-refractivity contribution in [3.8, 4) is 11.3 Å². The molecule has 0 unspecified atom stereocenters. The Labute approximate surface area is 92.6 Å². The Bertz CT molecular complexity index is 487. The second-order valence-electron chi connectivity index (χ2n) is 3.18. The molecule has 2 heterocycles. The number of pyridine rings is 1. The Balaban J connectivity index is 2.46. The molecule has 16 heavy (non-hydrogen) atoms. The van der Waals surface area contributed by atoms with Crippen molar-refractivity contribution in [2.24, 2.45) is 0 Å². The summed E-state index contributed by atoms with van der Waals surface area (Å²) in [7, 11) is 0. The van der Waals surface area contributed by atoms with E-state index in [2.05, 4.69) is 20.3 Å². The van der Waals surface area contributed by atoms with Crippen LogP contribution >= 0.6 is 0 Å². The van der Waals surface area contributed by atoms with Gasteiger partial charge < -0.3 is 5.32 Å².